The van der Waals surface area contributed by atoms with Gasteiger partial charge < -0.3 is 14.7 Å². The summed E-state index contributed by atoms with van der Waals surface area (Å²) in [5.74, 6) is 2.92. The van der Waals surface area contributed by atoms with Crippen LogP contribution in [-0.4, -0.2) is 71.5 Å². The first kappa shape index (κ1) is 15.8. The molecule has 4 heterocycles. The van der Waals surface area contributed by atoms with Crippen LogP contribution in [-0.2, 0) is 4.79 Å². The lowest BCUT2D eigenvalue weighted by Crippen LogP contribution is -2.41. The maximum absolute atomic E-state index is 11.9. The zero-order valence-electron chi connectivity index (χ0n) is 14.5. The lowest BCUT2D eigenvalue weighted by molar-refractivity contribution is -0.133. The van der Waals surface area contributed by atoms with Crippen molar-refractivity contribution in [3.8, 4) is 0 Å². The third-order valence-corrected chi connectivity index (χ3v) is 5.84. The van der Waals surface area contributed by atoms with Crippen molar-refractivity contribution in [1.29, 1.82) is 0 Å². The Kier molecular flexibility index (Phi) is 4.39. The quantitative estimate of drug-likeness (QED) is 0.830. The Bertz CT molecular complexity index is 593. The van der Waals surface area contributed by atoms with Crippen LogP contribution in [0.1, 0.15) is 24.8 Å². The van der Waals surface area contributed by atoms with E-state index in [4.69, 9.17) is 0 Å². The molecule has 6 heteroatoms. The molecule has 24 heavy (non-hydrogen) atoms. The predicted octanol–water partition coefficient (Wildman–Crippen LogP) is 1.17. The number of piperidine rings is 1. The maximum Gasteiger partial charge on any atom is 0.222 e. The van der Waals surface area contributed by atoms with Gasteiger partial charge in [0.25, 0.3) is 0 Å². The van der Waals surface area contributed by atoms with Gasteiger partial charge in [-0.3, -0.25) is 4.79 Å². The van der Waals surface area contributed by atoms with Crippen LogP contribution >= 0.6 is 0 Å². The molecule has 0 saturated carbocycles. The van der Waals surface area contributed by atoms with Gasteiger partial charge in [0, 0.05) is 64.0 Å². The van der Waals surface area contributed by atoms with Gasteiger partial charge in [-0.05, 0) is 31.6 Å². The third-order valence-electron chi connectivity index (χ3n) is 5.84. The Hall–Kier alpha value is -1.69. The average Bonchev–Trinajstić information content (AvgIpc) is 3.13. The summed E-state index contributed by atoms with van der Waals surface area (Å²) in [6.45, 7) is 9.51. The van der Waals surface area contributed by atoms with Gasteiger partial charge >= 0.3 is 0 Å². The van der Waals surface area contributed by atoms with Crippen LogP contribution in [0, 0.1) is 18.8 Å². The molecule has 0 bridgehead atoms. The van der Waals surface area contributed by atoms with E-state index in [1.807, 2.05) is 6.20 Å². The summed E-state index contributed by atoms with van der Waals surface area (Å²) in [6, 6.07) is 0. The zero-order valence-corrected chi connectivity index (χ0v) is 14.5. The molecule has 0 radical (unpaired) electrons. The molecule has 2 unspecified atom stereocenters. The van der Waals surface area contributed by atoms with Crippen molar-refractivity contribution in [3.63, 3.8) is 0 Å². The molecule has 4 rings (SSSR count). The molecule has 6 nitrogen and oxygen atoms in total. The number of fused-ring (bicyclic) bond motifs is 1. The highest BCUT2D eigenvalue weighted by Gasteiger charge is 2.40. The third kappa shape index (κ3) is 3.11. The molecule has 1 amide bonds. The second kappa shape index (κ2) is 6.67. The van der Waals surface area contributed by atoms with Crippen LogP contribution in [0.3, 0.4) is 0 Å². The number of hydrogen-bond donors (Lipinski definition) is 0. The molecule has 3 aliphatic rings. The molecule has 3 fully saturated rings. The number of aryl methyl sites for hydroxylation is 1. The SMILES string of the molecule is Cc1cncnc1N1CC2CN(CCN3CCCCC3=O)CC2C1. The summed E-state index contributed by atoms with van der Waals surface area (Å²) < 4.78 is 0. The maximum atomic E-state index is 11.9. The van der Waals surface area contributed by atoms with Crippen LogP contribution in [0.4, 0.5) is 5.82 Å². The first-order valence-electron chi connectivity index (χ1n) is 9.22. The van der Waals surface area contributed by atoms with Gasteiger partial charge in [0.2, 0.25) is 5.91 Å². The number of likely N-dealkylation sites (tertiary alicyclic amines) is 2. The molecule has 0 aromatic carbocycles. The fourth-order valence-electron chi connectivity index (χ4n) is 4.53. The van der Waals surface area contributed by atoms with E-state index in [2.05, 4.69) is 31.6 Å². The van der Waals surface area contributed by atoms with Crippen LogP contribution in [0.5, 0.6) is 0 Å². The van der Waals surface area contributed by atoms with Gasteiger partial charge in [0.05, 0.1) is 0 Å². The molecule has 3 aliphatic heterocycles. The van der Waals surface area contributed by atoms with Crippen molar-refractivity contribution in [2.45, 2.75) is 26.2 Å². The van der Waals surface area contributed by atoms with Crippen molar-refractivity contribution in [2.75, 3.05) is 50.7 Å². The molecular weight excluding hydrogens is 302 g/mol. The predicted molar refractivity (Wildman–Crippen MR) is 92.8 cm³/mol. The van der Waals surface area contributed by atoms with Gasteiger partial charge in [0.1, 0.15) is 12.1 Å². The fourth-order valence-corrected chi connectivity index (χ4v) is 4.53. The number of anilines is 1. The van der Waals surface area contributed by atoms with E-state index < -0.39 is 0 Å². The Morgan fingerprint density at radius 1 is 1.12 bits per heavy atom. The summed E-state index contributed by atoms with van der Waals surface area (Å²) in [6.07, 6.45) is 6.54. The van der Waals surface area contributed by atoms with Gasteiger partial charge in [-0.15, -0.1) is 0 Å². The average molecular weight is 329 g/mol. The monoisotopic (exact) mass is 329 g/mol. The van der Waals surface area contributed by atoms with Gasteiger partial charge in [-0.1, -0.05) is 0 Å². The summed E-state index contributed by atoms with van der Waals surface area (Å²) >= 11 is 0. The second-order valence-electron chi connectivity index (χ2n) is 7.55. The molecule has 1 aromatic heterocycles. The molecule has 1 aromatic rings. The van der Waals surface area contributed by atoms with E-state index in [1.165, 1.54) is 6.42 Å². The summed E-state index contributed by atoms with van der Waals surface area (Å²) in [7, 11) is 0. The van der Waals surface area contributed by atoms with Crippen LogP contribution in [0.15, 0.2) is 12.5 Å². The van der Waals surface area contributed by atoms with Crippen LogP contribution in [0.25, 0.3) is 0 Å². The van der Waals surface area contributed by atoms with E-state index in [0.717, 1.165) is 81.9 Å². The topological polar surface area (TPSA) is 52.6 Å². The largest absolute Gasteiger partial charge is 0.356 e. The first-order chi connectivity index (χ1) is 11.7. The number of aromatic nitrogens is 2. The Balaban J connectivity index is 1.28. The lowest BCUT2D eigenvalue weighted by atomic mass is 10.0. The van der Waals surface area contributed by atoms with Crippen molar-refractivity contribution in [1.82, 2.24) is 19.8 Å². The number of nitrogens with zero attached hydrogens (tertiary/aromatic N) is 5. The summed E-state index contributed by atoms with van der Waals surface area (Å²) in [5.41, 5.74) is 1.16. The minimum Gasteiger partial charge on any atom is -0.356 e. The number of carbonyl (C=O) groups excluding carboxylic acids is 1. The van der Waals surface area contributed by atoms with Crippen molar-refractivity contribution >= 4 is 11.7 Å². The standard InChI is InChI=1S/C18H27N5O/c1-14-8-19-13-20-18(14)23-11-15-9-21(10-16(15)12-23)6-7-22-5-3-2-4-17(22)24/h8,13,15-16H,2-7,9-12H2,1H3. The Morgan fingerprint density at radius 2 is 1.92 bits per heavy atom. The molecule has 130 valence electrons. The second-order valence-corrected chi connectivity index (χ2v) is 7.55. The lowest BCUT2D eigenvalue weighted by Gasteiger charge is -2.29. The van der Waals surface area contributed by atoms with Crippen molar-refractivity contribution in [2.24, 2.45) is 11.8 Å². The van der Waals surface area contributed by atoms with Gasteiger partial charge in [0.15, 0.2) is 0 Å². The minimum absolute atomic E-state index is 0.353. The first-order valence-corrected chi connectivity index (χ1v) is 9.22. The van der Waals surface area contributed by atoms with E-state index >= 15 is 0 Å². The van der Waals surface area contributed by atoms with E-state index in [-0.39, 0.29) is 0 Å². The Labute approximate surface area is 143 Å². The smallest absolute Gasteiger partial charge is 0.222 e. The highest BCUT2D eigenvalue weighted by molar-refractivity contribution is 5.76. The number of amides is 1. The van der Waals surface area contributed by atoms with Crippen molar-refractivity contribution in [3.05, 3.63) is 18.1 Å². The number of carbonyl (C=O) groups is 1. The molecule has 0 N–H and O–H groups in total. The highest BCUT2D eigenvalue weighted by Crippen LogP contribution is 2.33. The van der Waals surface area contributed by atoms with E-state index in [0.29, 0.717) is 5.91 Å². The minimum atomic E-state index is 0.353. The summed E-state index contributed by atoms with van der Waals surface area (Å²) in [5, 5.41) is 0. The molecule has 3 saturated heterocycles. The van der Waals surface area contributed by atoms with Crippen LogP contribution < -0.4 is 4.90 Å². The molecular formula is C18H27N5O. The van der Waals surface area contributed by atoms with Gasteiger partial charge in [-0.25, -0.2) is 9.97 Å². The highest BCUT2D eigenvalue weighted by atomic mass is 16.2. The van der Waals surface area contributed by atoms with E-state index in [9.17, 15) is 4.79 Å². The normalized spacial score (nSPS) is 27.8. The van der Waals surface area contributed by atoms with E-state index in [1.54, 1.807) is 6.33 Å². The van der Waals surface area contributed by atoms with Gasteiger partial charge in [-0.2, -0.15) is 0 Å². The Morgan fingerprint density at radius 3 is 2.62 bits per heavy atom. The number of hydrogen-bond acceptors (Lipinski definition) is 5. The van der Waals surface area contributed by atoms with Crippen molar-refractivity contribution < 1.29 is 4.79 Å². The number of rotatable bonds is 4. The fraction of sp³-hybridized carbons (Fsp3) is 0.722. The zero-order chi connectivity index (χ0) is 16.5. The van der Waals surface area contributed by atoms with Crippen LogP contribution in [0.2, 0.25) is 0 Å². The summed E-state index contributed by atoms with van der Waals surface area (Å²) in [4.78, 5) is 27.5. The molecule has 0 spiro atoms. The molecule has 0 aliphatic carbocycles. The molecule has 2 atom stereocenters.